The largest absolute Gasteiger partial charge is 0.465 e. The lowest BCUT2D eigenvalue weighted by Gasteiger charge is -2.19. The van der Waals surface area contributed by atoms with Crippen LogP contribution in [0.1, 0.15) is 24.5 Å². The van der Waals surface area contributed by atoms with Gasteiger partial charge in [-0.15, -0.1) is 0 Å². The summed E-state index contributed by atoms with van der Waals surface area (Å²) < 4.78 is 4.89. The zero-order valence-electron chi connectivity index (χ0n) is 10.5. The summed E-state index contributed by atoms with van der Waals surface area (Å²) in [5.74, 6) is -0.329. The maximum Gasteiger partial charge on any atom is 0.325 e. The van der Waals surface area contributed by atoms with E-state index in [-0.39, 0.29) is 18.4 Å². The molecule has 0 bridgehead atoms. The van der Waals surface area contributed by atoms with Crippen LogP contribution in [-0.4, -0.2) is 29.9 Å². The molecular formula is C14H17NO3. The lowest BCUT2D eigenvalue weighted by atomic mass is 10.0. The van der Waals surface area contributed by atoms with Crippen molar-refractivity contribution in [1.29, 1.82) is 0 Å². The van der Waals surface area contributed by atoms with E-state index < -0.39 is 0 Å². The van der Waals surface area contributed by atoms with Crippen molar-refractivity contribution < 1.29 is 14.3 Å². The van der Waals surface area contributed by atoms with Gasteiger partial charge in [0.1, 0.15) is 6.54 Å². The van der Waals surface area contributed by atoms with Crippen LogP contribution in [0.3, 0.4) is 0 Å². The minimum Gasteiger partial charge on any atom is -0.465 e. The van der Waals surface area contributed by atoms with E-state index in [1.165, 1.54) is 5.56 Å². The Bertz CT molecular complexity index is 456. The second kappa shape index (κ2) is 5.67. The second-order valence-electron chi connectivity index (χ2n) is 4.32. The zero-order chi connectivity index (χ0) is 13.0. The van der Waals surface area contributed by atoms with Crippen LogP contribution in [0.2, 0.25) is 0 Å². The number of nitrogens with zero attached hydrogens (tertiary/aromatic N) is 1. The highest BCUT2D eigenvalue weighted by molar-refractivity contribution is 5.82. The summed E-state index contributed by atoms with van der Waals surface area (Å²) in [6.45, 7) is 2.64. The molecule has 2 rings (SSSR count). The first-order chi connectivity index (χ1) is 8.70. The fraction of sp³-hybridized carbons (Fsp3) is 0.429. The van der Waals surface area contributed by atoms with E-state index in [4.69, 9.17) is 4.74 Å². The Hall–Kier alpha value is -1.84. The van der Waals surface area contributed by atoms with Crippen LogP contribution < -0.4 is 0 Å². The molecule has 96 valence electrons. The minimum atomic E-state index is -0.342. The molecule has 0 fully saturated rings. The molecule has 0 aromatic heterocycles. The van der Waals surface area contributed by atoms with E-state index in [9.17, 15) is 9.59 Å². The van der Waals surface area contributed by atoms with Gasteiger partial charge in [-0.05, 0) is 24.5 Å². The van der Waals surface area contributed by atoms with Gasteiger partial charge in [0.05, 0.1) is 6.61 Å². The number of fused-ring (bicyclic) bond motifs is 1. The normalized spacial score (nSPS) is 14.9. The van der Waals surface area contributed by atoms with Gasteiger partial charge in [-0.3, -0.25) is 9.59 Å². The highest BCUT2D eigenvalue weighted by Gasteiger charge is 2.22. The first-order valence-electron chi connectivity index (χ1n) is 6.21. The van der Waals surface area contributed by atoms with Crippen molar-refractivity contribution in [2.45, 2.75) is 26.3 Å². The first kappa shape index (κ1) is 12.6. The Labute approximate surface area is 107 Å². The Balaban J connectivity index is 2.11. The van der Waals surface area contributed by atoms with Crippen molar-refractivity contribution in [3.63, 3.8) is 0 Å². The Morgan fingerprint density at radius 2 is 2.00 bits per heavy atom. The van der Waals surface area contributed by atoms with Crippen LogP contribution in [0.25, 0.3) is 0 Å². The smallest absolute Gasteiger partial charge is 0.325 e. The lowest BCUT2D eigenvalue weighted by Crippen LogP contribution is -2.35. The van der Waals surface area contributed by atoms with Gasteiger partial charge in [0, 0.05) is 13.0 Å². The molecule has 0 spiro atoms. The molecule has 1 heterocycles. The average molecular weight is 247 g/mol. The van der Waals surface area contributed by atoms with Crippen LogP contribution in [0.4, 0.5) is 0 Å². The van der Waals surface area contributed by atoms with Crippen LogP contribution in [-0.2, 0) is 27.3 Å². The molecule has 0 radical (unpaired) electrons. The number of hydrogen-bond donors (Lipinski definition) is 0. The number of rotatable bonds is 3. The van der Waals surface area contributed by atoms with E-state index in [1.54, 1.807) is 11.8 Å². The number of ether oxygens (including phenoxy) is 1. The summed E-state index contributed by atoms with van der Waals surface area (Å²) in [6.07, 6.45) is 1.20. The molecule has 0 aliphatic carbocycles. The van der Waals surface area contributed by atoms with E-state index in [2.05, 4.69) is 0 Å². The average Bonchev–Trinajstić information content (AvgIpc) is 2.51. The highest BCUT2D eigenvalue weighted by atomic mass is 16.5. The lowest BCUT2D eigenvalue weighted by molar-refractivity contribution is -0.149. The first-order valence-corrected chi connectivity index (χ1v) is 6.21. The fourth-order valence-corrected chi connectivity index (χ4v) is 2.16. The Morgan fingerprint density at radius 3 is 2.72 bits per heavy atom. The molecule has 0 saturated heterocycles. The number of carbonyl (C=O) groups is 2. The van der Waals surface area contributed by atoms with Crippen molar-refractivity contribution >= 4 is 11.9 Å². The number of hydrogen-bond acceptors (Lipinski definition) is 3. The molecular weight excluding hydrogens is 230 g/mol. The van der Waals surface area contributed by atoms with Gasteiger partial charge in [0.15, 0.2) is 0 Å². The van der Waals surface area contributed by atoms with Crippen LogP contribution >= 0.6 is 0 Å². The fourth-order valence-electron chi connectivity index (χ4n) is 2.16. The van der Waals surface area contributed by atoms with E-state index in [1.807, 2.05) is 24.3 Å². The summed E-state index contributed by atoms with van der Waals surface area (Å²) in [6, 6.07) is 7.98. The van der Waals surface area contributed by atoms with Gasteiger partial charge in [-0.2, -0.15) is 0 Å². The SMILES string of the molecule is CCOC(=O)CN1Cc2ccccc2CCC1=O. The van der Waals surface area contributed by atoms with Gasteiger partial charge in [-0.1, -0.05) is 24.3 Å². The van der Waals surface area contributed by atoms with Crippen LogP contribution in [0.5, 0.6) is 0 Å². The number of aryl methyl sites for hydroxylation is 1. The van der Waals surface area contributed by atoms with Crippen LogP contribution in [0.15, 0.2) is 24.3 Å². The molecule has 4 nitrogen and oxygen atoms in total. The van der Waals surface area contributed by atoms with Crippen molar-refractivity contribution in [2.24, 2.45) is 0 Å². The van der Waals surface area contributed by atoms with E-state index in [0.717, 1.165) is 12.0 Å². The third-order valence-electron chi connectivity index (χ3n) is 3.07. The number of amides is 1. The van der Waals surface area contributed by atoms with Crippen molar-refractivity contribution in [2.75, 3.05) is 13.2 Å². The molecule has 1 aliphatic heterocycles. The van der Waals surface area contributed by atoms with Gasteiger partial charge >= 0.3 is 5.97 Å². The quantitative estimate of drug-likeness (QED) is 0.761. The molecule has 0 N–H and O–H groups in total. The molecule has 1 aliphatic rings. The molecule has 1 aromatic carbocycles. The van der Waals surface area contributed by atoms with Crippen molar-refractivity contribution in [3.05, 3.63) is 35.4 Å². The predicted molar refractivity (Wildman–Crippen MR) is 66.8 cm³/mol. The zero-order valence-corrected chi connectivity index (χ0v) is 10.5. The van der Waals surface area contributed by atoms with Crippen LogP contribution in [0, 0.1) is 0 Å². The molecule has 4 heteroatoms. The molecule has 1 amide bonds. The summed E-state index contributed by atoms with van der Waals surface area (Å²) in [4.78, 5) is 25.0. The Kier molecular flexibility index (Phi) is 3.97. The van der Waals surface area contributed by atoms with Crippen molar-refractivity contribution in [1.82, 2.24) is 4.90 Å². The number of benzene rings is 1. The van der Waals surface area contributed by atoms with Gasteiger partial charge in [-0.25, -0.2) is 0 Å². The van der Waals surface area contributed by atoms with Crippen molar-refractivity contribution in [3.8, 4) is 0 Å². The maximum atomic E-state index is 11.9. The van der Waals surface area contributed by atoms with E-state index in [0.29, 0.717) is 19.6 Å². The Morgan fingerprint density at radius 1 is 1.28 bits per heavy atom. The topological polar surface area (TPSA) is 46.6 Å². The van der Waals surface area contributed by atoms with Gasteiger partial charge < -0.3 is 9.64 Å². The molecule has 0 atom stereocenters. The minimum absolute atomic E-state index is 0.0132. The third kappa shape index (κ3) is 2.88. The number of esters is 1. The number of carbonyl (C=O) groups excluding carboxylic acids is 2. The monoisotopic (exact) mass is 247 g/mol. The summed E-state index contributed by atoms with van der Waals surface area (Å²) in [7, 11) is 0. The van der Waals surface area contributed by atoms with Gasteiger partial charge in [0.2, 0.25) is 5.91 Å². The third-order valence-corrected chi connectivity index (χ3v) is 3.07. The van der Waals surface area contributed by atoms with E-state index >= 15 is 0 Å². The molecule has 1 aromatic rings. The molecule has 0 unspecified atom stereocenters. The standard InChI is InChI=1S/C14H17NO3/c1-2-18-14(17)10-15-9-12-6-4-3-5-11(12)7-8-13(15)16/h3-6H,2,7-10H2,1H3. The second-order valence-corrected chi connectivity index (χ2v) is 4.32. The summed E-state index contributed by atoms with van der Waals surface area (Å²) >= 11 is 0. The maximum absolute atomic E-state index is 11.9. The summed E-state index contributed by atoms with van der Waals surface area (Å²) in [5.41, 5.74) is 2.31. The van der Waals surface area contributed by atoms with Gasteiger partial charge in [0.25, 0.3) is 0 Å². The molecule has 0 saturated carbocycles. The highest BCUT2D eigenvalue weighted by Crippen LogP contribution is 2.18. The predicted octanol–water partition coefficient (Wildman–Crippen LogP) is 1.52. The summed E-state index contributed by atoms with van der Waals surface area (Å²) in [5, 5.41) is 0. The molecule has 18 heavy (non-hydrogen) atoms.